The summed E-state index contributed by atoms with van der Waals surface area (Å²) in [6.07, 6.45) is -4.81. The number of carboxylic acids is 1. The Balaban J connectivity index is 1.87. The van der Waals surface area contributed by atoms with Crippen LogP contribution in [0.1, 0.15) is 15.4 Å². The van der Waals surface area contributed by atoms with Gasteiger partial charge in [0, 0.05) is 0 Å². The molecule has 0 aliphatic heterocycles. The summed E-state index contributed by atoms with van der Waals surface area (Å²) >= 11 is 4.01. The number of thiazole rings is 1. The minimum atomic E-state index is -4.81. The highest BCUT2D eigenvalue weighted by molar-refractivity contribution is 8.02. The van der Waals surface area contributed by atoms with Gasteiger partial charge in [-0.25, -0.2) is 9.78 Å². The molecule has 3 heterocycles. The Kier molecular flexibility index (Phi) is 4.40. The van der Waals surface area contributed by atoms with Crippen LogP contribution in [-0.2, 0) is 6.18 Å². The van der Waals surface area contributed by atoms with Gasteiger partial charge in [0.15, 0.2) is 19.4 Å². The van der Waals surface area contributed by atoms with Crippen molar-refractivity contribution in [1.82, 2.24) is 15.2 Å². The lowest BCUT2D eigenvalue weighted by molar-refractivity contribution is -0.141. The van der Waals surface area contributed by atoms with Crippen molar-refractivity contribution < 1.29 is 23.1 Å². The number of carboxylic acid groups (broad SMARTS) is 1. The van der Waals surface area contributed by atoms with Crippen LogP contribution in [0.5, 0.6) is 0 Å². The highest BCUT2D eigenvalue weighted by Crippen LogP contribution is 2.41. The molecule has 12 heteroatoms. The zero-order valence-corrected chi connectivity index (χ0v) is 14.0. The number of aromatic nitrogens is 3. The van der Waals surface area contributed by atoms with Gasteiger partial charge in [-0.3, -0.25) is 0 Å². The Morgan fingerprint density at radius 2 is 2.00 bits per heavy atom. The fourth-order valence-electron chi connectivity index (χ4n) is 1.51. The molecular weight excluding hydrogens is 391 g/mol. The predicted octanol–water partition coefficient (Wildman–Crippen LogP) is 4.59. The standard InChI is InChI=1S/C11H4F3N3O2S4/c12-11(13,14)6-5(8(18)19)21-9(15-6)23-10-17-16-7(22-10)4-2-1-3-20-4/h1-3H,(H,18,19). The number of rotatable bonds is 4. The molecule has 0 unspecified atom stereocenters. The van der Waals surface area contributed by atoms with E-state index in [2.05, 4.69) is 15.2 Å². The van der Waals surface area contributed by atoms with Crippen molar-refractivity contribution in [3.63, 3.8) is 0 Å². The minimum Gasteiger partial charge on any atom is -0.477 e. The van der Waals surface area contributed by atoms with Crippen LogP contribution >= 0.6 is 45.8 Å². The maximum atomic E-state index is 12.8. The van der Waals surface area contributed by atoms with E-state index < -0.39 is 22.7 Å². The first-order valence-corrected chi connectivity index (χ1v) is 9.04. The molecule has 0 saturated carbocycles. The lowest BCUT2D eigenvalue weighted by Crippen LogP contribution is -2.11. The van der Waals surface area contributed by atoms with Crippen LogP contribution in [0, 0.1) is 0 Å². The zero-order valence-electron chi connectivity index (χ0n) is 10.7. The molecule has 0 atom stereocenters. The van der Waals surface area contributed by atoms with Gasteiger partial charge in [0.2, 0.25) is 0 Å². The molecule has 1 N–H and O–H groups in total. The summed E-state index contributed by atoms with van der Waals surface area (Å²) in [5.74, 6) is -1.65. The van der Waals surface area contributed by atoms with Gasteiger partial charge in [-0.2, -0.15) is 13.2 Å². The average molecular weight is 395 g/mol. The Morgan fingerprint density at radius 1 is 1.22 bits per heavy atom. The second kappa shape index (κ2) is 6.19. The summed E-state index contributed by atoms with van der Waals surface area (Å²) in [6, 6.07) is 3.71. The number of thiophene rings is 1. The molecule has 0 aromatic carbocycles. The molecule has 0 spiro atoms. The Bertz CT molecular complexity index is 841. The van der Waals surface area contributed by atoms with E-state index >= 15 is 0 Å². The molecule has 0 amide bonds. The van der Waals surface area contributed by atoms with Crippen LogP contribution in [0.4, 0.5) is 13.2 Å². The number of nitrogens with zero attached hydrogens (tertiary/aromatic N) is 3. The van der Waals surface area contributed by atoms with Crippen LogP contribution in [0.3, 0.4) is 0 Å². The number of halogens is 3. The summed E-state index contributed by atoms with van der Waals surface area (Å²) in [6.45, 7) is 0. The minimum absolute atomic E-state index is 0.0383. The van der Waals surface area contributed by atoms with Crippen molar-refractivity contribution in [3.05, 3.63) is 28.1 Å². The Labute approximate surface area is 142 Å². The first-order valence-electron chi connectivity index (χ1n) is 5.71. The van der Waals surface area contributed by atoms with E-state index in [1.165, 1.54) is 22.7 Å². The van der Waals surface area contributed by atoms with Crippen LogP contribution < -0.4 is 0 Å². The van der Waals surface area contributed by atoms with E-state index in [4.69, 9.17) is 5.11 Å². The second-order valence-electron chi connectivity index (χ2n) is 3.91. The third-order valence-corrected chi connectivity index (χ3v) is 6.50. The molecule has 0 aliphatic rings. The first kappa shape index (κ1) is 16.4. The van der Waals surface area contributed by atoms with Crippen molar-refractivity contribution in [2.45, 2.75) is 14.9 Å². The van der Waals surface area contributed by atoms with E-state index in [0.717, 1.165) is 16.6 Å². The monoisotopic (exact) mass is 395 g/mol. The SMILES string of the molecule is O=C(O)c1sc(Sc2nnc(-c3cccs3)s2)nc1C(F)(F)F. The van der Waals surface area contributed by atoms with Gasteiger partial charge in [-0.15, -0.1) is 21.5 Å². The highest BCUT2D eigenvalue weighted by atomic mass is 32.2. The van der Waals surface area contributed by atoms with Crippen molar-refractivity contribution in [2.24, 2.45) is 0 Å². The Hall–Kier alpha value is -1.50. The summed E-state index contributed by atoms with van der Waals surface area (Å²) in [4.78, 5) is 14.4. The van der Waals surface area contributed by atoms with Gasteiger partial charge < -0.3 is 5.11 Å². The molecule has 0 fully saturated rings. The average Bonchev–Trinajstić information content (AvgIpc) is 3.17. The van der Waals surface area contributed by atoms with Crippen LogP contribution in [0.25, 0.3) is 9.88 Å². The smallest absolute Gasteiger partial charge is 0.435 e. The molecule has 0 saturated heterocycles. The summed E-state index contributed by atoms with van der Waals surface area (Å²) in [7, 11) is 0. The number of hydrogen-bond donors (Lipinski definition) is 1. The first-order chi connectivity index (χ1) is 10.8. The van der Waals surface area contributed by atoms with Crippen molar-refractivity contribution in [1.29, 1.82) is 0 Å². The lowest BCUT2D eigenvalue weighted by Gasteiger charge is -2.02. The quantitative estimate of drug-likeness (QED) is 0.696. The van der Waals surface area contributed by atoms with Gasteiger partial charge in [0.05, 0.1) is 4.88 Å². The maximum absolute atomic E-state index is 12.8. The van der Waals surface area contributed by atoms with Crippen LogP contribution in [0.15, 0.2) is 26.2 Å². The molecule has 0 radical (unpaired) electrons. The Morgan fingerprint density at radius 3 is 2.57 bits per heavy atom. The number of aromatic carboxylic acids is 1. The molecule has 3 aromatic heterocycles. The van der Waals surface area contributed by atoms with Gasteiger partial charge in [-0.05, 0) is 23.2 Å². The van der Waals surface area contributed by atoms with Gasteiger partial charge in [0.1, 0.15) is 4.88 Å². The van der Waals surface area contributed by atoms with Crippen molar-refractivity contribution in [2.75, 3.05) is 0 Å². The van der Waals surface area contributed by atoms with Crippen LogP contribution in [0.2, 0.25) is 0 Å². The molecule has 3 aromatic rings. The number of carbonyl (C=O) groups is 1. The van der Waals surface area contributed by atoms with Gasteiger partial charge in [-0.1, -0.05) is 28.7 Å². The number of hydrogen-bond acceptors (Lipinski definition) is 8. The van der Waals surface area contributed by atoms with Gasteiger partial charge >= 0.3 is 12.1 Å². The van der Waals surface area contributed by atoms with E-state index in [0.29, 0.717) is 20.7 Å². The van der Waals surface area contributed by atoms with Crippen molar-refractivity contribution in [3.8, 4) is 9.88 Å². The van der Waals surface area contributed by atoms with E-state index in [-0.39, 0.29) is 4.34 Å². The van der Waals surface area contributed by atoms with Crippen molar-refractivity contribution >= 4 is 51.7 Å². The summed E-state index contributed by atoms with van der Waals surface area (Å²) < 4.78 is 38.8. The molecule has 0 bridgehead atoms. The van der Waals surface area contributed by atoms with E-state index in [9.17, 15) is 18.0 Å². The fourth-order valence-corrected chi connectivity index (χ4v) is 5.35. The molecule has 23 heavy (non-hydrogen) atoms. The predicted molar refractivity (Wildman–Crippen MR) is 81.4 cm³/mol. The fraction of sp³-hybridized carbons (Fsp3) is 0.0909. The van der Waals surface area contributed by atoms with Gasteiger partial charge in [0.25, 0.3) is 0 Å². The highest BCUT2D eigenvalue weighted by Gasteiger charge is 2.40. The normalized spacial score (nSPS) is 11.8. The topological polar surface area (TPSA) is 76.0 Å². The number of alkyl halides is 3. The molecule has 3 rings (SSSR count). The van der Waals surface area contributed by atoms with E-state index in [1.807, 2.05) is 17.5 Å². The van der Waals surface area contributed by atoms with Crippen LogP contribution in [-0.4, -0.2) is 26.3 Å². The third-order valence-electron chi connectivity index (χ3n) is 2.38. The lowest BCUT2D eigenvalue weighted by atomic mass is 10.3. The molecule has 5 nitrogen and oxygen atoms in total. The largest absolute Gasteiger partial charge is 0.477 e. The van der Waals surface area contributed by atoms with E-state index in [1.54, 1.807) is 0 Å². The molecular formula is C11H4F3N3O2S4. The summed E-state index contributed by atoms with van der Waals surface area (Å²) in [5.41, 5.74) is -1.39. The maximum Gasteiger partial charge on any atom is 0.435 e. The third kappa shape index (κ3) is 3.54. The summed E-state index contributed by atoms with van der Waals surface area (Å²) in [5, 5.41) is 19.2. The molecule has 120 valence electrons. The second-order valence-corrected chi connectivity index (χ2v) is 8.33. The molecule has 0 aliphatic carbocycles. The zero-order chi connectivity index (χ0) is 16.6.